The molecular formula is C11H14F4O4. The Labute approximate surface area is 107 Å². The number of carboxylic acid groups (broad SMARTS) is 1. The fourth-order valence-electron chi connectivity index (χ4n) is 0.348. The van der Waals surface area contributed by atoms with Crippen molar-refractivity contribution in [3.63, 3.8) is 0 Å². The third-order valence-corrected chi connectivity index (χ3v) is 1.43. The summed E-state index contributed by atoms with van der Waals surface area (Å²) in [6, 6.07) is 0. The fourth-order valence-corrected chi connectivity index (χ4v) is 0.348. The van der Waals surface area contributed by atoms with Crippen LogP contribution < -0.4 is 0 Å². The number of hydrogen-bond donors (Lipinski definition) is 1. The number of carbonyl (C=O) groups excluding carboxylic acids is 1. The molecule has 0 rings (SSSR count). The van der Waals surface area contributed by atoms with Gasteiger partial charge in [-0.3, -0.25) is 0 Å². The predicted octanol–water partition coefficient (Wildman–Crippen LogP) is 2.65. The number of alkyl halides is 4. The zero-order chi connectivity index (χ0) is 15.8. The second kappa shape index (κ2) is 8.28. The van der Waals surface area contributed by atoms with Gasteiger partial charge in [-0.15, -0.1) is 0 Å². The SMILES string of the molecule is C=C(C)C(=O)O.C=C(C)C(=O)OCC(F)(F)C(F)F. The van der Waals surface area contributed by atoms with E-state index in [9.17, 15) is 27.2 Å². The Kier molecular flexibility index (Phi) is 8.49. The number of hydrogen-bond acceptors (Lipinski definition) is 3. The smallest absolute Gasteiger partial charge is 0.340 e. The second-order valence-corrected chi connectivity index (χ2v) is 3.50. The van der Waals surface area contributed by atoms with Crippen LogP contribution in [0.4, 0.5) is 17.6 Å². The number of esters is 1. The Morgan fingerprint density at radius 2 is 1.58 bits per heavy atom. The molecule has 0 bridgehead atoms. The van der Waals surface area contributed by atoms with Crippen molar-refractivity contribution in [3.8, 4) is 0 Å². The van der Waals surface area contributed by atoms with Crippen LogP contribution in [0.2, 0.25) is 0 Å². The van der Waals surface area contributed by atoms with Gasteiger partial charge in [0.15, 0.2) is 6.61 Å². The van der Waals surface area contributed by atoms with Crippen molar-refractivity contribution in [2.45, 2.75) is 26.2 Å². The summed E-state index contributed by atoms with van der Waals surface area (Å²) >= 11 is 0. The highest BCUT2D eigenvalue weighted by Crippen LogP contribution is 2.23. The molecule has 0 saturated carbocycles. The van der Waals surface area contributed by atoms with E-state index in [2.05, 4.69) is 17.9 Å². The van der Waals surface area contributed by atoms with Crippen LogP contribution in [0.5, 0.6) is 0 Å². The van der Waals surface area contributed by atoms with Gasteiger partial charge in [-0.05, 0) is 13.8 Å². The molecule has 0 aromatic carbocycles. The summed E-state index contributed by atoms with van der Waals surface area (Å²) in [5.74, 6) is -6.35. The van der Waals surface area contributed by atoms with Gasteiger partial charge in [0.05, 0.1) is 0 Å². The van der Waals surface area contributed by atoms with Crippen LogP contribution in [0.1, 0.15) is 13.8 Å². The minimum Gasteiger partial charge on any atom is -0.478 e. The lowest BCUT2D eigenvalue weighted by Gasteiger charge is -2.14. The molecule has 0 radical (unpaired) electrons. The molecular weight excluding hydrogens is 272 g/mol. The van der Waals surface area contributed by atoms with E-state index in [1.165, 1.54) is 13.8 Å². The maximum absolute atomic E-state index is 12.1. The van der Waals surface area contributed by atoms with Crippen molar-refractivity contribution in [2.75, 3.05) is 6.61 Å². The Morgan fingerprint density at radius 3 is 1.79 bits per heavy atom. The average Bonchev–Trinajstić information content (AvgIpc) is 2.26. The van der Waals surface area contributed by atoms with E-state index in [0.29, 0.717) is 0 Å². The highest BCUT2D eigenvalue weighted by molar-refractivity contribution is 5.86. The summed E-state index contributed by atoms with van der Waals surface area (Å²) in [6.07, 6.45) is -3.84. The summed E-state index contributed by atoms with van der Waals surface area (Å²) < 4.78 is 51.1. The number of halogens is 4. The molecule has 0 aliphatic rings. The summed E-state index contributed by atoms with van der Waals surface area (Å²) in [6.45, 7) is 7.29. The van der Waals surface area contributed by atoms with E-state index in [4.69, 9.17) is 5.11 Å². The van der Waals surface area contributed by atoms with Crippen molar-refractivity contribution in [3.05, 3.63) is 24.3 Å². The first kappa shape index (κ1) is 19.5. The van der Waals surface area contributed by atoms with Crippen LogP contribution >= 0.6 is 0 Å². The Morgan fingerprint density at radius 1 is 1.21 bits per heavy atom. The van der Waals surface area contributed by atoms with Crippen LogP contribution in [0.25, 0.3) is 0 Å². The van der Waals surface area contributed by atoms with Gasteiger partial charge in [-0.2, -0.15) is 8.78 Å². The molecule has 19 heavy (non-hydrogen) atoms. The molecule has 0 aromatic rings. The minimum absolute atomic E-state index is 0.120. The van der Waals surface area contributed by atoms with E-state index >= 15 is 0 Å². The molecule has 1 N–H and O–H groups in total. The highest BCUT2D eigenvalue weighted by atomic mass is 19.3. The lowest BCUT2D eigenvalue weighted by molar-refractivity contribution is -0.176. The monoisotopic (exact) mass is 286 g/mol. The number of aliphatic carboxylic acids is 1. The lowest BCUT2D eigenvalue weighted by atomic mass is 10.3. The second-order valence-electron chi connectivity index (χ2n) is 3.50. The van der Waals surface area contributed by atoms with Crippen LogP contribution in [0.3, 0.4) is 0 Å². The third kappa shape index (κ3) is 9.81. The highest BCUT2D eigenvalue weighted by Gasteiger charge is 2.42. The molecule has 0 unspecified atom stereocenters. The number of rotatable bonds is 5. The topological polar surface area (TPSA) is 63.6 Å². The summed E-state index contributed by atoms with van der Waals surface area (Å²) in [5.41, 5.74) is 0.0556. The van der Waals surface area contributed by atoms with Crippen LogP contribution in [-0.2, 0) is 14.3 Å². The zero-order valence-electron chi connectivity index (χ0n) is 10.4. The van der Waals surface area contributed by atoms with Gasteiger partial charge in [-0.1, -0.05) is 13.2 Å². The van der Waals surface area contributed by atoms with Crippen LogP contribution in [0, 0.1) is 0 Å². The quantitative estimate of drug-likeness (QED) is 0.479. The van der Waals surface area contributed by atoms with E-state index in [-0.39, 0.29) is 11.1 Å². The fraction of sp³-hybridized carbons (Fsp3) is 0.455. The van der Waals surface area contributed by atoms with Crippen molar-refractivity contribution >= 4 is 11.9 Å². The van der Waals surface area contributed by atoms with E-state index in [1.54, 1.807) is 0 Å². The van der Waals surface area contributed by atoms with Gasteiger partial charge < -0.3 is 9.84 Å². The van der Waals surface area contributed by atoms with E-state index < -0.39 is 30.9 Å². The van der Waals surface area contributed by atoms with Crippen molar-refractivity contribution in [1.82, 2.24) is 0 Å². The molecule has 110 valence electrons. The Bertz CT molecular complexity index is 352. The summed E-state index contributed by atoms with van der Waals surface area (Å²) in [5, 5.41) is 7.89. The van der Waals surface area contributed by atoms with Crippen LogP contribution in [0.15, 0.2) is 24.3 Å². The molecule has 0 amide bonds. The van der Waals surface area contributed by atoms with Gasteiger partial charge in [0.2, 0.25) is 0 Å². The Balaban J connectivity index is 0. The molecule has 4 nitrogen and oxygen atoms in total. The first-order chi connectivity index (χ1) is 8.41. The number of ether oxygens (including phenoxy) is 1. The van der Waals surface area contributed by atoms with Gasteiger partial charge in [0, 0.05) is 11.1 Å². The number of carboxylic acids is 1. The third-order valence-electron chi connectivity index (χ3n) is 1.43. The molecule has 0 saturated heterocycles. The van der Waals surface area contributed by atoms with Crippen molar-refractivity contribution in [1.29, 1.82) is 0 Å². The number of carbonyl (C=O) groups is 2. The van der Waals surface area contributed by atoms with E-state index in [1.807, 2.05) is 0 Å². The molecule has 0 spiro atoms. The minimum atomic E-state index is -4.30. The average molecular weight is 286 g/mol. The van der Waals surface area contributed by atoms with E-state index in [0.717, 1.165) is 0 Å². The molecule has 0 heterocycles. The molecule has 0 aliphatic carbocycles. The van der Waals surface area contributed by atoms with Crippen molar-refractivity contribution < 1.29 is 37.0 Å². The molecule has 0 atom stereocenters. The largest absolute Gasteiger partial charge is 0.478 e. The van der Waals surface area contributed by atoms with Gasteiger partial charge in [0.1, 0.15) is 0 Å². The molecule has 8 heteroatoms. The maximum atomic E-state index is 12.1. The first-order valence-electron chi connectivity index (χ1n) is 4.79. The normalized spacial score (nSPS) is 10.3. The van der Waals surface area contributed by atoms with Gasteiger partial charge in [0.25, 0.3) is 0 Å². The van der Waals surface area contributed by atoms with Gasteiger partial charge >= 0.3 is 24.3 Å². The summed E-state index contributed by atoms with van der Waals surface area (Å²) in [7, 11) is 0. The molecule has 0 aliphatic heterocycles. The van der Waals surface area contributed by atoms with Crippen molar-refractivity contribution in [2.24, 2.45) is 0 Å². The summed E-state index contributed by atoms with van der Waals surface area (Å²) in [4.78, 5) is 20.1. The standard InChI is InChI=1S/C7H8F4O2.C4H6O2/c1-4(2)5(12)13-3-7(10,11)6(8)9;1-3(2)4(5)6/h6H,1,3H2,2H3;1H2,2H3,(H,5,6). The molecule has 0 fully saturated rings. The van der Waals surface area contributed by atoms with Gasteiger partial charge in [-0.25, -0.2) is 18.4 Å². The van der Waals surface area contributed by atoms with Crippen LogP contribution in [-0.4, -0.2) is 36.0 Å². The Hall–Kier alpha value is -1.86. The lowest BCUT2D eigenvalue weighted by Crippen LogP contribution is -2.33. The maximum Gasteiger partial charge on any atom is 0.340 e. The first-order valence-corrected chi connectivity index (χ1v) is 4.79. The zero-order valence-corrected chi connectivity index (χ0v) is 10.4. The predicted molar refractivity (Wildman–Crippen MR) is 59.2 cm³/mol. The molecule has 0 aromatic heterocycles.